The van der Waals surface area contributed by atoms with E-state index in [9.17, 15) is 14.4 Å². The monoisotopic (exact) mass is 358 g/mol. The summed E-state index contributed by atoms with van der Waals surface area (Å²) in [5, 5.41) is 0.320. The predicted molar refractivity (Wildman–Crippen MR) is 96.0 cm³/mol. The average Bonchev–Trinajstić information content (AvgIpc) is 2.61. The van der Waals surface area contributed by atoms with E-state index >= 15 is 0 Å². The molecular weight excluding hydrogens is 340 g/mol. The number of carbonyl (C=O) groups excluding carboxylic acids is 3. The molecule has 0 aliphatic carbocycles. The summed E-state index contributed by atoms with van der Waals surface area (Å²) in [6, 6.07) is 13.7. The first-order valence-electron chi connectivity index (χ1n) is 7.87. The number of Topliss-reactive ketones (excluding diaryl/α,β-unsaturated/α-hetero) is 2. The van der Waals surface area contributed by atoms with Gasteiger partial charge >= 0.3 is 5.97 Å². The molecule has 0 saturated heterocycles. The topological polar surface area (TPSA) is 60.4 Å². The molecule has 0 radical (unpaired) electrons. The first-order valence-corrected chi connectivity index (χ1v) is 8.25. The van der Waals surface area contributed by atoms with Gasteiger partial charge in [0.1, 0.15) is 0 Å². The van der Waals surface area contributed by atoms with E-state index in [0.29, 0.717) is 16.1 Å². The van der Waals surface area contributed by atoms with Gasteiger partial charge in [-0.3, -0.25) is 14.4 Å². The zero-order valence-corrected chi connectivity index (χ0v) is 14.9. The Labute approximate surface area is 151 Å². The lowest BCUT2D eigenvalue weighted by atomic mass is 9.91. The molecule has 0 amide bonds. The highest BCUT2D eigenvalue weighted by Gasteiger charge is 2.27. The van der Waals surface area contributed by atoms with Crippen molar-refractivity contribution >= 4 is 29.1 Å². The van der Waals surface area contributed by atoms with Crippen LogP contribution in [0, 0.1) is 12.8 Å². The zero-order valence-electron chi connectivity index (χ0n) is 14.1. The van der Waals surface area contributed by atoms with E-state index < -0.39 is 11.9 Å². The lowest BCUT2D eigenvalue weighted by molar-refractivity contribution is -0.145. The largest absolute Gasteiger partial charge is 0.469 e. The van der Waals surface area contributed by atoms with Crippen molar-refractivity contribution in [3.8, 4) is 0 Å². The molecule has 0 aromatic heterocycles. The van der Waals surface area contributed by atoms with Gasteiger partial charge in [-0.15, -0.1) is 0 Å². The molecule has 4 nitrogen and oxygen atoms in total. The molecule has 130 valence electrons. The van der Waals surface area contributed by atoms with Crippen molar-refractivity contribution in [2.45, 2.75) is 19.8 Å². The van der Waals surface area contributed by atoms with Crippen LogP contribution in [0.4, 0.5) is 0 Å². The number of rotatable bonds is 7. The maximum Gasteiger partial charge on any atom is 0.309 e. The zero-order chi connectivity index (χ0) is 18.4. The Morgan fingerprint density at radius 2 is 1.56 bits per heavy atom. The van der Waals surface area contributed by atoms with Gasteiger partial charge in [-0.25, -0.2) is 0 Å². The molecule has 0 fully saturated rings. The van der Waals surface area contributed by atoms with Crippen LogP contribution < -0.4 is 0 Å². The minimum atomic E-state index is -0.845. The minimum absolute atomic E-state index is 0.0913. The Bertz CT molecular complexity index is 781. The number of benzene rings is 2. The number of methoxy groups -OCH3 is 1. The van der Waals surface area contributed by atoms with Crippen LogP contribution in [0.5, 0.6) is 0 Å². The van der Waals surface area contributed by atoms with Crippen molar-refractivity contribution in [2.75, 3.05) is 7.11 Å². The maximum absolute atomic E-state index is 12.5. The quantitative estimate of drug-likeness (QED) is 0.547. The van der Waals surface area contributed by atoms with E-state index in [-0.39, 0.29) is 24.4 Å². The summed E-state index contributed by atoms with van der Waals surface area (Å²) in [5.74, 6) is -1.93. The molecule has 2 aromatic carbocycles. The van der Waals surface area contributed by atoms with Crippen molar-refractivity contribution in [1.82, 2.24) is 0 Å². The van der Waals surface area contributed by atoms with Gasteiger partial charge in [0, 0.05) is 24.0 Å². The fourth-order valence-electron chi connectivity index (χ4n) is 2.51. The first-order chi connectivity index (χ1) is 11.9. The second-order valence-corrected chi connectivity index (χ2v) is 6.23. The van der Waals surface area contributed by atoms with E-state index in [1.807, 2.05) is 19.1 Å². The molecule has 2 aromatic rings. The number of hydrogen-bond donors (Lipinski definition) is 0. The van der Waals surface area contributed by atoms with Gasteiger partial charge in [-0.1, -0.05) is 53.6 Å². The molecule has 0 aliphatic heterocycles. The lowest BCUT2D eigenvalue weighted by Gasteiger charge is -2.14. The summed E-state index contributed by atoms with van der Waals surface area (Å²) < 4.78 is 4.76. The summed E-state index contributed by atoms with van der Waals surface area (Å²) in [6.45, 7) is 1.92. The molecule has 25 heavy (non-hydrogen) atoms. The Morgan fingerprint density at radius 1 is 0.960 bits per heavy atom. The van der Waals surface area contributed by atoms with Crippen LogP contribution >= 0.6 is 11.6 Å². The molecule has 5 heteroatoms. The molecule has 0 bridgehead atoms. The Morgan fingerprint density at radius 3 is 2.16 bits per heavy atom. The highest BCUT2D eigenvalue weighted by atomic mass is 35.5. The van der Waals surface area contributed by atoms with Crippen LogP contribution in [-0.4, -0.2) is 24.6 Å². The van der Waals surface area contributed by atoms with Gasteiger partial charge in [0.25, 0.3) is 0 Å². The summed E-state index contributed by atoms with van der Waals surface area (Å²) in [7, 11) is 1.24. The van der Waals surface area contributed by atoms with Crippen LogP contribution in [0.15, 0.2) is 48.5 Å². The third-order valence-corrected chi connectivity index (χ3v) is 4.28. The predicted octanol–water partition coefficient (Wildman–Crippen LogP) is 4.28. The van der Waals surface area contributed by atoms with Crippen molar-refractivity contribution in [3.05, 3.63) is 70.2 Å². The maximum atomic E-state index is 12.5. The van der Waals surface area contributed by atoms with Gasteiger partial charge in [-0.05, 0) is 19.1 Å². The molecule has 1 unspecified atom stereocenters. The summed E-state index contributed by atoms with van der Waals surface area (Å²) >= 11 is 6.03. The standard InChI is InChI=1S/C20H19ClO4/c1-13-7-9-14(10-8-13)18(22)11-15(20(24)25-2)12-19(23)16-5-3-4-6-17(16)21/h3-10,15H,11-12H2,1-2H3. The van der Waals surface area contributed by atoms with Crippen LogP contribution in [0.2, 0.25) is 5.02 Å². The summed E-state index contributed by atoms with van der Waals surface area (Å²) in [4.78, 5) is 36.9. The van der Waals surface area contributed by atoms with Gasteiger partial charge in [-0.2, -0.15) is 0 Å². The van der Waals surface area contributed by atoms with Gasteiger partial charge in [0.15, 0.2) is 11.6 Å². The van der Waals surface area contributed by atoms with E-state index in [2.05, 4.69) is 0 Å². The number of carbonyl (C=O) groups is 3. The first kappa shape index (κ1) is 18.9. The third kappa shape index (κ3) is 5.00. The second-order valence-electron chi connectivity index (χ2n) is 5.82. The van der Waals surface area contributed by atoms with Crippen molar-refractivity contribution in [2.24, 2.45) is 5.92 Å². The SMILES string of the molecule is COC(=O)C(CC(=O)c1ccc(C)cc1)CC(=O)c1ccccc1Cl. The van der Waals surface area contributed by atoms with E-state index in [0.717, 1.165) is 5.56 Å². The molecule has 0 saturated carbocycles. The number of esters is 1. The summed E-state index contributed by atoms with van der Waals surface area (Å²) in [5.41, 5.74) is 1.88. The number of halogens is 1. The normalized spacial score (nSPS) is 11.6. The lowest BCUT2D eigenvalue weighted by Crippen LogP contribution is -2.23. The fourth-order valence-corrected chi connectivity index (χ4v) is 2.75. The molecule has 0 aliphatic rings. The number of ketones is 2. The number of aryl methyl sites for hydroxylation is 1. The third-order valence-electron chi connectivity index (χ3n) is 3.95. The average molecular weight is 359 g/mol. The Hall–Kier alpha value is -2.46. The molecule has 0 heterocycles. The molecule has 0 spiro atoms. The number of ether oxygens (including phenoxy) is 1. The van der Waals surface area contributed by atoms with Crippen LogP contribution in [0.25, 0.3) is 0 Å². The molecule has 2 rings (SSSR count). The molecular formula is C20H19ClO4. The van der Waals surface area contributed by atoms with Gasteiger partial charge in [0.05, 0.1) is 18.1 Å². The highest BCUT2D eigenvalue weighted by Crippen LogP contribution is 2.22. The number of hydrogen-bond acceptors (Lipinski definition) is 4. The Balaban J connectivity index is 2.15. The second kappa shape index (κ2) is 8.58. The van der Waals surface area contributed by atoms with Gasteiger partial charge in [0.2, 0.25) is 0 Å². The van der Waals surface area contributed by atoms with E-state index in [4.69, 9.17) is 16.3 Å². The van der Waals surface area contributed by atoms with E-state index in [1.54, 1.807) is 36.4 Å². The smallest absolute Gasteiger partial charge is 0.309 e. The van der Waals surface area contributed by atoms with Gasteiger partial charge < -0.3 is 4.74 Å². The van der Waals surface area contributed by atoms with E-state index in [1.165, 1.54) is 7.11 Å². The van der Waals surface area contributed by atoms with Crippen molar-refractivity contribution in [3.63, 3.8) is 0 Å². The summed E-state index contributed by atoms with van der Waals surface area (Å²) in [6.07, 6.45) is -0.222. The fraction of sp³-hybridized carbons (Fsp3) is 0.250. The van der Waals surface area contributed by atoms with Crippen molar-refractivity contribution < 1.29 is 19.1 Å². The highest BCUT2D eigenvalue weighted by molar-refractivity contribution is 6.34. The van der Waals surface area contributed by atoms with Crippen LogP contribution in [0.1, 0.15) is 39.1 Å². The van der Waals surface area contributed by atoms with Crippen molar-refractivity contribution in [1.29, 1.82) is 0 Å². The molecule has 1 atom stereocenters. The Kier molecular flexibility index (Phi) is 6.48. The minimum Gasteiger partial charge on any atom is -0.469 e. The van der Waals surface area contributed by atoms with Crippen LogP contribution in [0.3, 0.4) is 0 Å². The van der Waals surface area contributed by atoms with Crippen LogP contribution in [-0.2, 0) is 9.53 Å². The molecule has 0 N–H and O–H groups in total.